The number of para-hydroxylation sites is 1. The molecule has 1 aromatic carbocycles. The van der Waals surface area contributed by atoms with Gasteiger partial charge in [-0.15, -0.1) is 0 Å². The van der Waals surface area contributed by atoms with Crippen LogP contribution in [0.15, 0.2) is 36.8 Å². The Balaban J connectivity index is 1.85. The first-order chi connectivity index (χ1) is 12.1. The highest BCUT2D eigenvalue weighted by atomic mass is 16.5. The fourth-order valence-electron chi connectivity index (χ4n) is 3.53. The van der Waals surface area contributed by atoms with Crippen molar-refractivity contribution in [2.24, 2.45) is 7.05 Å². The highest BCUT2D eigenvalue weighted by Crippen LogP contribution is 2.42. The summed E-state index contributed by atoms with van der Waals surface area (Å²) in [5.41, 5.74) is 3.92. The van der Waals surface area contributed by atoms with Gasteiger partial charge in [-0.25, -0.2) is 9.97 Å². The van der Waals surface area contributed by atoms with E-state index in [-0.39, 0.29) is 5.91 Å². The average Bonchev–Trinajstić information content (AvgIpc) is 3.02. The molecule has 128 valence electrons. The predicted molar refractivity (Wildman–Crippen MR) is 96.2 cm³/mol. The molecule has 0 radical (unpaired) electrons. The van der Waals surface area contributed by atoms with Crippen molar-refractivity contribution in [1.82, 2.24) is 14.5 Å². The van der Waals surface area contributed by atoms with E-state index >= 15 is 0 Å². The number of aryl methyl sites for hydroxylation is 1. The molecule has 3 aromatic rings. The SMILES string of the molecule is COc1cccc2c1N(C(=O)c1ccnc3c1ncn3C)CCC2C. The number of anilines is 1. The number of nitrogens with zero attached hydrogens (tertiary/aromatic N) is 4. The monoisotopic (exact) mass is 336 g/mol. The molecule has 4 rings (SSSR count). The highest BCUT2D eigenvalue weighted by molar-refractivity contribution is 6.13. The summed E-state index contributed by atoms with van der Waals surface area (Å²) < 4.78 is 7.36. The number of amides is 1. The number of carbonyl (C=O) groups excluding carboxylic acids is 1. The quantitative estimate of drug-likeness (QED) is 0.721. The minimum atomic E-state index is -0.0660. The lowest BCUT2D eigenvalue weighted by atomic mass is 9.90. The number of imidazole rings is 1. The van der Waals surface area contributed by atoms with Crippen molar-refractivity contribution in [3.8, 4) is 5.75 Å². The normalized spacial score (nSPS) is 16.8. The van der Waals surface area contributed by atoms with Crippen molar-refractivity contribution in [3.05, 3.63) is 47.9 Å². The molecule has 0 bridgehead atoms. The van der Waals surface area contributed by atoms with Gasteiger partial charge in [-0.1, -0.05) is 19.1 Å². The van der Waals surface area contributed by atoms with E-state index in [0.29, 0.717) is 29.2 Å². The molecule has 6 heteroatoms. The third kappa shape index (κ3) is 2.36. The standard InChI is InChI=1S/C19H20N4O2/c1-12-8-10-23(17-13(12)5-4-6-15(17)25-3)19(24)14-7-9-20-18-16(14)21-11-22(18)2/h4-7,9,11-12H,8,10H2,1-3H3. The first kappa shape index (κ1) is 15.6. The molecule has 0 N–H and O–H groups in total. The number of benzene rings is 1. The van der Waals surface area contributed by atoms with Crippen LogP contribution >= 0.6 is 0 Å². The molecule has 1 unspecified atom stereocenters. The van der Waals surface area contributed by atoms with Crippen molar-refractivity contribution < 1.29 is 9.53 Å². The number of ether oxygens (including phenoxy) is 1. The molecule has 1 aliphatic rings. The molecule has 25 heavy (non-hydrogen) atoms. The molecular formula is C19H20N4O2. The van der Waals surface area contributed by atoms with Crippen LogP contribution in [0.2, 0.25) is 0 Å². The van der Waals surface area contributed by atoms with Crippen LogP contribution in [0.25, 0.3) is 11.2 Å². The highest BCUT2D eigenvalue weighted by Gasteiger charge is 2.31. The van der Waals surface area contributed by atoms with Gasteiger partial charge < -0.3 is 14.2 Å². The molecule has 1 amide bonds. The Kier molecular flexibility index (Phi) is 3.67. The van der Waals surface area contributed by atoms with Crippen molar-refractivity contribution in [2.45, 2.75) is 19.3 Å². The second kappa shape index (κ2) is 5.88. The lowest BCUT2D eigenvalue weighted by Crippen LogP contribution is -2.36. The van der Waals surface area contributed by atoms with Crippen LogP contribution in [0, 0.1) is 0 Å². The van der Waals surface area contributed by atoms with Crippen LogP contribution < -0.4 is 9.64 Å². The molecular weight excluding hydrogens is 316 g/mol. The van der Waals surface area contributed by atoms with E-state index in [1.54, 1.807) is 25.7 Å². The van der Waals surface area contributed by atoms with Gasteiger partial charge in [0.15, 0.2) is 5.65 Å². The van der Waals surface area contributed by atoms with Gasteiger partial charge in [0.05, 0.1) is 24.7 Å². The lowest BCUT2D eigenvalue weighted by Gasteiger charge is -2.34. The second-order valence-electron chi connectivity index (χ2n) is 6.43. The summed E-state index contributed by atoms with van der Waals surface area (Å²) in [5, 5.41) is 0. The van der Waals surface area contributed by atoms with Crippen LogP contribution in [0.3, 0.4) is 0 Å². The number of methoxy groups -OCH3 is 1. The predicted octanol–water partition coefficient (Wildman–Crippen LogP) is 3.13. The van der Waals surface area contributed by atoms with E-state index in [1.165, 1.54) is 0 Å². The molecule has 0 fully saturated rings. The molecule has 3 heterocycles. The summed E-state index contributed by atoms with van der Waals surface area (Å²) in [6.45, 7) is 2.84. The molecule has 2 aromatic heterocycles. The summed E-state index contributed by atoms with van der Waals surface area (Å²) in [6.07, 6.45) is 4.26. The van der Waals surface area contributed by atoms with E-state index in [4.69, 9.17) is 4.74 Å². The Hall–Kier alpha value is -2.89. The Morgan fingerprint density at radius 3 is 2.92 bits per heavy atom. The number of aromatic nitrogens is 3. The molecule has 6 nitrogen and oxygen atoms in total. The van der Waals surface area contributed by atoms with Crippen LogP contribution in [-0.2, 0) is 7.05 Å². The number of carbonyl (C=O) groups is 1. The van der Waals surface area contributed by atoms with E-state index < -0.39 is 0 Å². The van der Waals surface area contributed by atoms with E-state index in [9.17, 15) is 4.79 Å². The average molecular weight is 336 g/mol. The lowest BCUT2D eigenvalue weighted by molar-refractivity contribution is 0.0985. The van der Waals surface area contributed by atoms with Crippen molar-refractivity contribution in [1.29, 1.82) is 0 Å². The Bertz CT molecular complexity index is 963. The number of fused-ring (bicyclic) bond motifs is 2. The molecule has 1 aliphatic heterocycles. The first-order valence-electron chi connectivity index (χ1n) is 8.36. The van der Waals surface area contributed by atoms with E-state index in [2.05, 4.69) is 23.0 Å². The third-order valence-electron chi connectivity index (χ3n) is 4.91. The van der Waals surface area contributed by atoms with Gasteiger partial charge in [0.25, 0.3) is 5.91 Å². The fourth-order valence-corrected chi connectivity index (χ4v) is 3.53. The summed E-state index contributed by atoms with van der Waals surface area (Å²) >= 11 is 0. The van der Waals surface area contributed by atoms with Gasteiger partial charge in [-0.3, -0.25) is 4.79 Å². The van der Waals surface area contributed by atoms with Crippen LogP contribution in [0.5, 0.6) is 5.75 Å². The van der Waals surface area contributed by atoms with Crippen LogP contribution in [0.4, 0.5) is 5.69 Å². The van der Waals surface area contributed by atoms with Gasteiger partial charge in [0, 0.05) is 19.8 Å². The maximum absolute atomic E-state index is 13.4. The summed E-state index contributed by atoms with van der Waals surface area (Å²) in [6, 6.07) is 7.70. The third-order valence-corrected chi connectivity index (χ3v) is 4.91. The maximum atomic E-state index is 13.4. The number of pyridine rings is 1. The largest absolute Gasteiger partial charge is 0.495 e. The minimum Gasteiger partial charge on any atom is -0.495 e. The van der Waals surface area contributed by atoms with Gasteiger partial charge in [0.1, 0.15) is 11.3 Å². The molecule has 0 spiro atoms. The zero-order valence-corrected chi connectivity index (χ0v) is 14.6. The smallest absolute Gasteiger partial charge is 0.260 e. The minimum absolute atomic E-state index is 0.0660. The fraction of sp³-hybridized carbons (Fsp3) is 0.316. The number of rotatable bonds is 2. The Morgan fingerprint density at radius 2 is 2.12 bits per heavy atom. The second-order valence-corrected chi connectivity index (χ2v) is 6.43. The zero-order chi connectivity index (χ0) is 17.6. The number of hydrogen-bond donors (Lipinski definition) is 0. The van der Waals surface area contributed by atoms with Crippen molar-refractivity contribution in [3.63, 3.8) is 0 Å². The molecule has 1 atom stereocenters. The molecule has 0 aliphatic carbocycles. The van der Waals surface area contributed by atoms with Crippen molar-refractivity contribution in [2.75, 3.05) is 18.6 Å². The van der Waals surface area contributed by atoms with E-state index in [1.807, 2.05) is 28.6 Å². The molecule has 0 saturated carbocycles. The van der Waals surface area contributed by atoms with Gasteiger partial charge in [-0.2, -0.15) is 0 Å². The summed E-state index contributed by atoms with van der Waals surface area (Å²) in [4.78, 5) is 23.9. The van der Waals surface area contributed by atoms with Crippen LogP contribution in [0.1, 0.15) is 35.2 Å². The topological polar surface area (TPSA) is 60.2 Å². The maximum Gasteiger partial charge on any atom is 0.260 e. The number of hydrogen-bond acceptors (Lipinski definition) is 4. The van der Waals surface area contributed by atoms with E-state index in [0.717, 1.165) is 23.4 Å². The summed E-state index contributed by atoms with van der Waals surface area (Å²) in [7, 11) is 3.51. The zero-order valence-electron chi connectivity index (χ0n) is 14.6. The van der Waals surface area contributed by atoms with Crippen molar-refractivity contribution >= 4 is 22.8 Å². The first-order valence-corrected chi connectivity index (χ1v) is 8.36. The van der Waals surface area contributed by atoms with Gasteiger partial charge in [-0.05, 0) is 30.0 Å². The summed E-state index contributed by atoms with van der Waals surface area (Å²) in [5.74, 6) is 1.05. The van der Waals surface area contributed by atoms with Crippen LogP contribution in [-0.4, -0.2) is 34.1 Å². The van der Waals surface area contributed by atoms with Gasteiger partial charge >= 0.3 is 0 Å². The van der Waals surface area contributed by atoms with Gasteiger partial charge in [0.2, 0.25) is 0 Å². The molecule has 0 saturated heterocycles. The Labute approximate surface area is 146 Å². The Morgan fingerprint density at radius 1 is 1.28 bits per heavy atom.